The number of allylic oxidation sites excluding steroid dienone is 2. The van der Waals surface area contributed by atoms with Gasteiger partial charge >= 0.3 is 17.9 Å². The smallest absolute Gasteiger partial charge is 0.348 e. The van der Waals surface area contributed by atoms with E-state index in [9.17, 15) is 34.5 Å². The summed E-state index contributed by atoms with van der Waals surface area (Å²) in [5.41, 5.74) is -4.02. The van der Waals surface area contributed by atoms with Crippen LogP contribution in [0.3, 0.4) is 0 Å². The van der Waals surface area contributed by atoms with Crippen LogP contribution < -0.4 is 0 Å². The van der Waals surface area contributed by atoms with Crippen LogP contribution >= 0.6 is 0 Å². The van der Waals surface area contributed by atoms with E-state index in [0.29, 0.717) is 5.57 Å². The molecule has 0 aromatic rings. The van der Waals surface area contributed by atoms with Crippen molar-refractivity contribution in [3.8, 4) is 0 Å². The van der Waals surface area contributed by atoms with Crippen LogP contribution in [0.1, 0.15) is 33.6 Å². The van der Waals surface area contributed by atoms with Gasteiger partial charge in [-0.1, -0.05) is 6.92 Å². The summed E-state index contributed by atoms with van der Waals surface area (Å²) < 4.78 is 22.0. The molecule has 11 nitrogen and oxygen atoms in total. The van der Waals surface area contributed by atoms with Gasteiger partial charge in [-0.25, -0.2) is 9.59 Å². The second kappa shape index (κ2) is 7.02. The van der Waals surface area contributed by atoms with Crippen LogP contribution in [0.2, 0.25) is 0 Å². The van der Waals surface area contributed by atoms with Crippen LogP contribution in [0.15, 0.2) is 11.3 Å². The summed E-state index contributed by atoms with van der Waals surface area (Å²) in [6.45, 7) is 4.30. The molecule has 10 atom stereocenters. The van der Waals surface area contributed by atoms with Gasteiger partial charge in [0, 0.05) is 24.7 Å². The van der Waals surface area contributed by atoms with Gasteiger partial charge in [0.1, 0.15) is 12.2 Å². The molecule has 186 valence electrons. The first-order valence-electron chi connectivity index (χ1n) is 11.3. The third-order valence-electron chi connectivity index (χ3n) is 9.13. The molecule has 11 heteroatoms. The lowest BCUT2D eigenvalue weighted by molar-refractivity contribution is -0.290. The highest BCUT2D eigenvalue weighted by molar-refractivity contribution is 5.95. The highest BCUT2D eigenvalue weighted by Gasteiger charge is 2.85. The lowest BCUT2D eigenvalue weighted by Crippen LogP contribution is -2.79. The van der Waals surface area contributed by atoms with Crippen molar-refractivity contribution in [2.45, 2.75) is 63.6 Å². The van der Waals surface area contributed by atoms with E-state index in [-0.39, 0.29) is 25.2 Å². The third kappa shape index (κ3) is 2.42. The van der Waals surface area contributed by atoms with Crippen molar-refractivity contribution >= 4 is 23.7 Å². The molecule has 0 radical (unpaired) electrons. The summed E-state index contributed by atoms with van der Waals surface area (Å²) in [4.78, 5) is 50.9. The van der Waals surface area contributed by atoms with E-state index in [1.807, 2.05) is 0 Å². The topological polar surface area (TPSA) is 166 Å². The quantitative estimate of drug-likeness (QED) is 0.347. The number of fused-ring (bicyclic) bond motifs is 2. The molecule has 34 heavy (non-hydrogen) atoms. The van der Waals surface area contributed by atoms with Crippen LogP contribution in [0, 0.1) is 28.6 Å². The second-order valence-electron chi connectivity index (χ2n) is 10.5. The molecular formula is C23H28O11. The van der Waals surface area contributed by atoms with E-state index < -0.39 is 82.3 Å². The van der Waals surface area contributed by atoms with E-state index in [4.69, 9.17) is 18.9 Å². The van der Waals surface area contributed by atoms with Gasteiger partial charge in [-0.3, -0.25) is 9.59 Å². The Labute approximate surface area is 195 Å². The van der Waals surface area contributed by atoms with Crippen molar-refractivity contribution in [1.29, 1.82) is 0 Å². The molecule has 2 saturated carbocycles. The van der Waals surface area contributed by atoms with Crippen LogP contribution in [0.25, 0.3) is 0 Å². The fraction of sp³-hybridized carbons (Fsp3) is 0.739. The maximum Gasteiger partial charge on any atom is 0.348 e. The molecule has 2 aliphatic heterocycles. The molecule has 2 bridgehead atoms. The minimum absolute atomic E-state index is 0.131. The Morgan fingerprint density at radius 2 is 1.85 bits per heavy atom. The zero-order valence-corrected chi connectivity index (χ0v) is 19.3. The SMILES string of the molecule is COC(=O)C12OCC34C(CC5C(C)=C(O)C(=O)CC5(C)C3C(O)C1O)OC(=O)C(OC(C)=O)C24. The molecule has 5 rings (SSSR count). The normalized spacial score (nSPS) is 49.1. The number of rotatable bonds is 2. The van der Waals surface area contributed by atoms with Crippen LogP contribution in [0.4, 0.5) is 0 Å². The highest BCUT2D eigenvalue weighted by atomic mass is 16.6. The Kier molecular flexibility index (Phi) is 4.80. The Morgan fingerprint density at radius 3 is 2.47 bits per heavy atom. The van der Waals surface area contributed by atoms with Gasteiger partial charge < -0.3 is 34.3 Å². The van der Waals surface area contributed by atoms with Crippen molar-refractivity contribution in [2.75, 3.05) is 13.7 Å². The molecule has 4 fully saturated rings. The highest BCUT2D eigenvalue weighted by Crippen LogP contribution is 2.72. The van der Waals surface area contributed by atoms with E-state index in [2.05, 4.69) is 0 Å². The van der Waals surface area contributed by atoms with Crippen LogP contribution in [-0.4, -0.2) is 82.7 Å². The minimum atomic E-state index is -2.18. The Hall–Kier alpha value is -2.50. The van der Waals surface area contributed by atoms with E-state index in [1.165, 1.54) is 0 Å². The number of methoxy groups -OCH3 is 1. The summed E-state index contributed by atoms with van der Waals surface area (Å²) >= 11 is 0. The Bertz CT molecular complexity index is 1030. The number of aliphatic hydroxyl groups is 3. The van der Waals surface area contributed by atoms with E-state index in [1.54, 1.807) is 13.8 Å². The number of esters is 3. The number of ether oxygens (including phenoxy) is 4. The summed E-state index contributed by atoms with van der Waals surface area (Å²) in [5.74, 6) is -6.15. The largest absolute Gasteiger partial charge is 0.504 e. The predicted octanol–water partition coefficient (Wildman–Crippen LogP) is -0.429. The molecular weight excluding hydrogens is 452 g/mol. The maximum absolute atomic E-state index is 13.1. The number of carbonyl (C=O) groups is 4. The lowest BCUT2D eigenvalue weighted by Gasteiger charge is -2.67. The minimum Gasteiger partial charge on any atom is -0.504 e. The average Bonchev–Trinajstić information content (AvgIpc) is 3.08. The van der Waals surface area contributed by atoms with Crippen molar-refractivity contribution < 1.29 is 53.4 Å². The average molecular weight is 480 g/mol. The summed E-state index contributed by atoms with van der Waals surface area (Å²) in [6, 6.07) is 0. The van der Waals surface area contributed by atoms with Crippen molar-refractivity contribution in [1.82, 2.24) is 0 Å². The van der Waals surface area contributed by atoms with Crippen LogP contribution in [0.5, 0.6) is 0 Å². The van der Waals surface area contributed by atoms with Gasteiger partial charge in [-0.2, -0.15) is 0 Å². The summed E-state index contributed by atoms with van der Waals surface area (Å²) in [5, 5.41) is 33.3. The number of hydrogen-bond donors (Lipinski definition) is 3. The number of Topliss-reactive ketones (excluding diaryl/α,β-unsaturated/α-hetero) is 1. The Morgan fingerprint density at radius 1 is 1.18 bits per heavy atom. The van der Waals surface area contributed by atoms with Crippen molar-refractivity contribution in [3.63, 3.8) is 0 Å². The first kappa shape index (κ1) is 23.3. The molecule has 2 saturated heterocycles. The zero-order chi connectivity index (χ0) is 25.0. The van der Waals surface area contributed by atoms with Gasteiger partial charge in [0.15, 0.2) is 11.5 Å². The van der Waals surface area contributed by atoms with Crippen LogP contribution in [-0.2, 0) is 38.1 Å². The predicted molar refractivity (Wildman–Crippen MR) is 109 cm³/mol. The first-order valence-corrected chi connectivity index (χ1v) is 11.3. The zero-order valence-electron chi connectivity index (χ0n) is 19.3. The molecule has 2 heterocycles. The molecule has 3 aliphatic carbocycles. The standard InChI is InChI=1S/C23H28O11/c1-8-10-5-12-22-7-32-23(20(30)31-4,17(22)15(19(29)34-12)33-9(2)24)18(28)14(27)16(22)21(10,3)6-11(25)13(8)26/h10,12,14-18,26-28H,5-7H2,1-4H3. The molecule has 3 N–H and O–H groups in total. The lowest BCUT2D eigenvalue weighted by atomic mass is 9.38. The Balaban J connectivity index is 1.78. The number of aliphatic hydroxyl groups excluding tert-OH is 3. The van der Waals surface area contributed by atoms with Gasteiger partial charge in [0.2, 0.25) is 11.7 Å². The summed E-state index contributed by atoms with van der Waals surface area (Å²) in [6.07, 6.45) is -5.85. The molecule has 10 unspecified atom stereocenters. The molecule has 0 amide bonds. The fourth-order valence-corrected chi connectivity index (χ4v) is 8.03. The summed E-state index contributed by atoms with van der Waals surface area (Å²) in [7, 11) is 1.09. The van der Waals surface area contributed by atoms with Crippen molar-refractivity contribution in [2.24, 2.45) is 28.6 Å². The van der Waals surface area contributed by atoms with Crippen molar-refractivity contribution in [3.05, 3.63) is 11.3 Å². The van der Waals surface area contributed by atoms with E-state index >= 15 is 0 Å². The van der Waals surface area contributed by atoms with E-state index in [0.717, 1.165) is 14.0 Å². The molecule has 1 spiro atoms. The van der Waals surface area contributed by atoms with Gasteiger partial charge in [-0.15, -0.1) is 0 Å². The number of ketones is 1. The maximum atomic E-state index is 13.1. The van der Waals surface area contributed by atoms with Gasteiger partial charge in [0.05, 0.1) is 25.7 Å². The number of hydrogen-bond acceptors (Lipinski definition) is 11. The second-order valence-corrected chi connectivity index (χ2v) is 10.5. The monoisotopic (exact) mass is 480 g/mol. The van der Waals surface area contributed by atoms with Gasteiger partial charge in [0.25, 0.3) is 0 Å². The molecule has 5 aliphatic rings. The van der Waals surface area contributed by atoms with Gasteiger partial charge in [-0.05, 0) is 30.3 Å². The fourth-order valence-electron chi connectivity index (χ4n) is 8.03. The third-order valence-corrected chi connectivity index (χ3v) is 9.13. The molecule has 0 aromatic heterocycles. The molecule has 0 aromatic carbocycles. The first-order chi connectivity index (χ1) is 15.9. The number of carbonyl (C=O) groups excluding carboxylic acids is 4.